The Morgan fingerprint density at radius 2 is 1.81 bits per heavy atom. The van der Waals surface area contributed by atoms with Crippen molar-refractivity contribution in [3.8, 4) is 0 Å². The minimum Gasteiger partial charge on any atom is -0.314 e. The molecule has 0 fully saturated rings. The predicted molar refractivity (Wildman–Crippen MR) is 83.5 cm³/mol. The number of anilines is 1. The van der Waals surface area contributed by atoms with E-state index in [1.165, 1.54) is 17.0 Å². The number of rotatable bonds is 4. The van der Waals surface area contributed by atoms with Crippen LogP contribution < -0.4 is 4.90 Å². The highest BCUT2D eigenvalue weighted by atomic mass is 79.9. The minimum absolute atomic E-state index is 0.125. The summed E-state index contributed by atoms with van der Waals surface area (Å²) in [6, 6.07) is 12.4. The molecule has 5 heteroatoms. The van der Waals surface area contributed by atoms with Gasteiger partial charge in [-0.25, -0.2) is 4.39 Å². The van der Waals surface area contributed by atoms with Crippen LogP contribution in [-0.4, -0.2) is 24.1 Å². The maximum absolute atomic E-state index is 13.5. The second kappa shape index (κ2) is 6.63. The van der Waals surface area contributed by atoms with Crippen molar-refractivity contribution in [2.24, 2.45) is 0 Å². The SMILES string of the molecule is CN(C(=O)CBr)c1ccc(F)cc1C(=O)c1ccccc1. The molecule has 0 N–H and O–H groups in total. The molecule has 2 rings (SSSR count). The van der Waals surface area contributed by atoms with E-state index in [1.807, 2.05) is 0 Å². The molecule has 1 amide bonds. The van der Waals surface area contributed by atoms with Gasteiger partial charge in [0.1, 0.15) is 5.82 Å². The lowest BCUT2D eigenvalue weighted by Gasteiger charge is -2.19. The minimum atomic E-state index is -0.516. The molecule has 21 heavy (non-hydrogen) atoms. The first-order valence-corrected chi connectivity index (χ1v) is 7.38. The van der Waals surface area contributed by atoms with Crippen molar-refractivity contribution < 1.29 is 14.0 Å². The van der Waals surface area contributed by atoms with E-state index in [1.54, 1.807) is 37.4 Å². The van der Waals surface area contributed by atoms with Gasteiger partial charge in [-0.15, -0.1) is 0 Å². The maximum Gasteiger partial charge on any atom is 0.237 e. The average Bonchev–Trinajstić information content (AvgIpc) is 2.53. The van der Waals surface area contributed by atoms with E-state index in [4.69, 9.17) is 0 Å². The Balaban J connectivity index is 2.50. The summed E-state index contributed by atoms with van der Waals surface area (Å²) >= 11 is 3.08. The molecule has 0 spiro atoms. The summed E-state index contributed by atoms with van der Waals surface area (Å²) in [5, 5.41) is 0.125. The molecular formula is C16H13BrFNO2. The van der Waals surface area contributed by atoms with Crippen LogP contribution in [0.3, 0.4) is 0 Å². The van der Waals surface area contributed by atoms with Crippen LogP contribution >= 0.6 is 15.9 Å². The number of alkyl halides is 1. The molecular weight excluding hydrogens is 337 g/mol. The van der Waals surface area contributed by atoms with E-state index in [0.717, 1.165) is 6.07 Å². The van der Waals surface area contributed by atoms with Crippen LogP contribution in [0.5, 0.6) is 0 Å². The molecule has 0 aliphatic heterocycles. The Morgan fingerprint density at radius 1 is 1.14 bits per heavy atom. The standard InChI is InChI=1S/C16H13BrFNO2/c1-19(15(20)10-17)14-8-7-12(18)9-13(14)16(21)11-5-3-2-4-6-11/h2-9H,10H2,1H3. The third-order valence-corrected chi connectivity index (χ3v) is 3.57. The molecule has 0 bridgehead atoms. The van der Waals surface area contributed by atoms with Crippen LogP contribution in [-0.2, 0) is 4.79 Å². The number of benzene rings is 2. The van der Waals surface area contributed by atoms with Crippen LogP contribution in [0.15, 0.2) is 48.5 Å². The van der Waals surface area contributed by atoms with Gasteiger partial charge in [0.05, 0.1) is 11.0 Å². The first-order chi connectivity index (χ1) is 10.0. The Hall–Kier alpha value is -2.01. The molecule has 0 aliphatic rings. The zero-order valence-electron chi connectivity index (χ0n) is 11.3. The summed E-state index contributed by atoms with van der Waals surface area (Å²) in [7, 11) is 1.55. The number of carbonyl (C=O) groups excluding carboxylic acids is 2. The molecule has 108 valence electrons. The zero-order chi connectivity index (χ0) is 15.4. The van der Waals surface area contributed by atoms with Crippen LogP contribution in [0, 0.1) is 5.82 Å². The molecule has 2 aromatic carbocycles. The van der Waals surface area contributed by atoms with Gasteiger partial charge in [0.25, 0.3) is 0 Å². The van der Waals surface area contributed by atoms with E-state index in [-0.39, 0.29) is 22.6 Å². The Bertz CT molecular complexity index is 673. The van der Waals surface area contributed by atoms with Gasteiger partial charge in [-0.3, -0.25) is 9.59 Å². The third-order valence-electron chi connectivity index (χ3n) is 3.09. The lowest BCUT2D eigenvalue weighted by atomic mass is 10.0. The summed E-state index contributed by atoms with van der Waals surface area (Å²) in [6.07, 6.45) is 0. The first-order valence-electron chi connectivity index (χ1n) is 6.26. The number of halogens is 2. The van der Waals surface area contributed by atoms with Crippen molar-refractivity contribution in [3.05, 3.63) is 65.5 Å². The van der Waals surface area contributed by atoms with Crippen LogP contribution in [0.1, 0.15) is 15.9 Å². The monoisotopic (exact) mass is 349 g/mol. The Morgan fingerprint density at radius 3 is 2.43 bits per heavy atom. The topological polar surface area (TPSA) is 37.4 Å². The second-order valence-corrected chi connectivity index (χ2v) is 5.00. The first kappa shape index (κ1) is 15.4. The van der Waals surface area contributed by atoms with Gasteiger partial charge in [-0.2, -0.15) is 0 Å². The molecule has 0 radical (unpaired) electrons. The fourth-order valence-electron chi connectivity index (χ4n) is 1.95. The van der Waals surface area contributed by atoms with E-state index < -0.39 is 5.82 Å². The normalized spacial score (nSPS) is 10.2. The van der Waals surface area contributed by atoms with E-state index in [9.17, 15) is 14.0 Å². The van der Waals surface area contributed by atoms with Gasteiger partial charge in [0.2, 0.25) is 5.91 Å². The fourth-order valence-corrected chi connectivity index (χ4v) is 2.33. The maximum atomic E-state index is 13.5. The lowest BCUT2D eigenvalue weighted by molar-refractivity contribution is -0.115. The van der Waals surface area contributed by atoms with Gasteiger partial charge in [0, 0.05) is 18.2 Å². The van der Waals surface area contributed by atoms with E-state index in [0.29, 0.717) is 11.3 Å². The number of hydrogen-bond donors (Lipinski definition) is 0. The van der Waals surface area contributed by atoms with Crippen molar-refractivity contribution in [3.63, 3.8) is 0 Å². The molecule has 0 heterocycles. The van der Waals surface area contributed by atoms with Crippen molar-refractivity contribution in [2.45, 2.75) is 0 Å². The molecule has 2 aromatic rings. The van der Waals surface area contributed by atoms with Crippen molar-refractivity contribution in [2.75, 3.05) is 17.3 Å². The van der Waals surface area contributed by atoms with Crippen LogP contribution in [0.25, 0.3) is 0 Å². The van der Waals surface area contributed by atoms with E-state index >= 15 is 0 Å². The van der Waals surface area contributed by atoms with Crippen molar-refractivity contribution in [1.82, 2.24) is 0 Å². The predicted octanol–water partition coefficient (Wildman–Crippen LogP) is 3.41. The zero-order valence-corrected chi connectivity index (χ0v) is 12.9. The lowest BCUT2D eigenvalue weighted by Crippen LogP contribution is -2.28. The molecule has 0 aliphatic carbocycles. The number of ketones is 1. The summed E-state index contributed by atoms with van der Waals surface area (Å²) in [6.45, 7) is 0. The Labute approximate surface area is 130 Å². The van der Waals surface area contributed by atoms with Gasteiger partial charge in [-0.1, -0.05) is 46.3 Å². The summed E-state index contributed by atoms with van der Waals surface area (Å²) in [5.74, 6) is -1.05. The van der Waals surface area contributed by atoms with Crippen LogP contribution in [0.4, 0.5) is 10.1 Å². The second-order valence-electron chi connectivity index (χ2n) is 4.44. The molecule has 0 saturated heterocycles. The van der Waals surface area contributed by atoms with Crippen LogP contribution in [0.2, 0.25) is 0 Å². The van der Waals surface area contributed by atoms with Crippen molar-refractivity contribution in [1.29, 1.82) is 0 Å². The van der Waals surface area contributed by atoms with Gasteiger partial charge in [0.15, 0.2) is 5.78 Å². The van der Waals surface area contributed by atoms with Crippen molar-refractivity contribution >= 4 is 33.3 Å². The molecule has 0 aromatic heterocycles. The average molecular weight is 350 g/mol. The smallest absolute Gasteiger partial charge is 0.237 e. The highest BCUT2D eigenvalue weighted by molar-refractivity contribution is 9.09. The number of hydrogen-bond acceptors (Lipinski definition) is 2. The molecule has 0 unspecified atom stereocenters. The number of amides is 1. The third kappa shape index (κ3) is 3.36. The van der Waals surface area contributed by atoms with E-state index in [2.05, 4.69) is 15.9 Å². The summed E-state index contributed by atoms with van der Waals surface area (Å²) in [4.78, 5) is 25.6. The highest BCUT2D eigenvalue weighted by Gasteiger charge is 2.19. The molecule has 3 nitrogen and oxygen atoms in total. The quantitative estimate of drug-likeness (QED) is 0.626. The van der Waals surface area contributed by atoms with Gasteiger partial charge >= 0.3 is 0 Å². The fraction of sp³-hybridized carbons (Fsp3) is 0.125. The molecule has 0 saturated carbocycles. The van der Waals surface area contributed by atoms with Gasteiger partial charge < -0.3 is 4.90 Å². The van der Waals surface area contributed by atoms with Gasteiger partial charge in [-0.05, 0) is 18.2 Å². The molecule has 0 atom stereocenters. The Kier molecular flexibility index (Phi) is 4.85. The summed E-state index contributed by atoms with van der Waals surface area (Å²) < 4.78 is 13.5. The summed E-state index contributed by atoms with van der Waals surface area (Å²) in [5.41, 5.74) is 0.997. The largest absolute Gasteiger partial charge is 0.314 e. The highest BCUT2D eigenvalue weighted by Crippen LogP contribution is 2.24. The number of nitrogens with zero attached hydrogens (tertiary/aromatic N) is 1. The number of carbonyl (C=O) groups is 2.